The highest BCUT2D eigenvalue weighted by atomic mass is 35.5. The number of hydrogen-bond acceptors (Lipinski definition) is 4. The topological polar surface area (TPSA) is 91.2 Å². The van der Waals surface area contributed by atoms with Gasteiger partial charge in [0.25, 0.3) is 5.91 Å². The van der Waals surface area contributed by atoms with Crippen LogP contribution in [0.3, 0.4) is 0 Å². The smallest absolute Gasteiger partial charge is 0.258 e. The molecule has 7 heteroatoms. The summed E-state index contributed by atoms with van der Waals surface area (Å²) in [5.41, 5.74) is 0. The van der Waals surface area contributed by atoms with Crippen molar-refractivity contribution in [3.05, 3.63) is 29.3 Å². The van der Waals surface area contributed by atoms with Crippen molar-refractivity contribution in [3.63, 3.8) is 0 Å². The van der Waals surface area contributed by atoms with Crippen molar-refractivity contribution in [1.29, 1.82) is 5.26 Å². The fraction of sp³-hybridized carbons (Fsp3) is 0.308. The molecular formula is C13H14ClN3O3. The normalized spacial score (nSPS) is 9.40. The minimum Gasteiger partial charge on any atom is -0.484 e. The molecule has 20 heavy (non-hydrogen) atoms. The van der Waals surface area contributed by atoms with E-state index >= 15 is 0 Å². The van der Waals surface area contributed by atoms with Gasteiger partial charge >= 0.3 is 0 Å². The maximum atomic E-state index is 11.4. The van der Waals surface area contributed by atoms with Gasteiger partial charge in [-0.15, -0.1) is 0 Å². The standard InChI is InChI=1S/C13H14ClN3O3/c14-10-1-3-11(4-2-10)20-9-13(19)17-8-7-16-12(18)5-6-15/h1-4H,5,7-9H2,(H,16,18)(H,17,19). The number of amides is 2. The van der Waals surface area contributed by atoms with E-state index in [1.54, 1.807) is 30.3 Å². The van der Waals surface area contributed by atoms with Crippen LogP contribution in [0.2, 0.25) is 5.02 Å². The van der Waals surface area contributed by atoms with E-state index in [1.807, 2.05) is 0 Å². The zero-order chi connectivity index (χ0) is 14.8. The minimum absolute atomic E-state index is 0.117. The lowest BCUT2D eigenvalue weighted by molar-refractivity contribution is -0.123. The molecule has 0 heterocycles. The Bertz CT molecular complexity index is 497. The van der Waals surface area contributed by atoms with Crippen molar-refractivity contribution in [2.45, 2.75) is 6.42 Å². The van der Waals surface area contributed by atoms with E-state index in [-0.39, 0.29) is 37.9 Å². The van der Waals surface area contributed by atoms with E-state index < -0.39 is 0 Å². The summed E-state index contributed by atoms with van der Waals surface area (Å²) in [6.07, 6.45) is -0.187. The number of carbonyl (C=O) groups excluding carboxylic acids is 2. The Hall–Kier alpha value is -2.26. The molecular weight excluding hydrogens is 282 g/mol. The summed E-state index contributed by atoms with van der Waals surface area (Å²) in [6, 6.07) is 8.39. The lowest BCUT2D eigenvalue weighted by Crippen LogP contribution is -2.36. The van der Waals surface area contributed by atoms with Crippen LogP contribution in [-0.2, 0) is 9.59 Å². The van der Waals surface area contributed by atoms with Gasteiger partial charge in [-0.3, -0.25) is 9.59 Å². The predicted molar refractivity (Wildman–Crippen MR) is 73.2 cm³/mol. The molecule has 6 nitrogen and oxygen atoms in total. The highest BCUT2D eigenvalue weighted by Gasteiger charge is 2.03. The molecule has 0 radical (unpaired) electrons. The van der Waals surface area contributed by atoms with E-state index in [0.717, 1.165) is 0 Å². The van der Waals surface area contributed by atoms with Crippen LogP contribution in [0.25, 0.3) is 0 Å². The van der Waals surface area contributed by atoms with Gasteiger partial charge in [0.15, 0.2) is 6.61 Å². The van der Waals surface area contributed by atoms with Gasteiger partial charge in [-0.1, -0.05) is 11.6 Å². The van der Waals surface area contributed by atoms with Crippen molar-refractivity contribution in [2.75, 3.05) is 19.7 Å². The molecule has 0 aliphatic heterocycles. The Morgan fingerprint density at radius 1 is 1.15 bits per heavy atom. The van der Waals surface area contributed by atoms with Crippen molar-refractivity contribution < 1.29 is 14.3 Å². The third kappa shape index (κ3) is 6.61. The number of halogens is 1. The number of hydrogen-bond donors (Lipinski definition) is 2. The molecule has 0 saturated carbocycles. The van der Waals surface area contributed by atoms with Gasteiger partial charge in [-0.05, 0) is 24.3 Å². The second kappa shape index (κ2) is 8.77. The molecule has 1 aromatic rings. The average Bonchev–Trinajstić information content (AvgIpc) is 2.43. The van der Waals surface area contributed by atoms with Gasteiger partial charge in [0.05, 0.1) is 6.07 Å². The van der Waals surface area contributed by atoms with Crippen molar-refractivity contribution >= 4 is 23.4 Å². The van der Waals surface area contributed by atoms with E-state index in [4.69, 9.17) is 21.6 Å². The van der Waals surface area contributed by atoms with E-state index in [9.17, 15) is 9.59 Å². The number of nitriles is 1. The summed E-state index contributed by atoms with van der Waals surface area (Å²) >= 11 is 5.72. The quantitative estimate of drug-likeness (QED) is 0.730. The molecule has 0 unspecified atom stereocenters. The van der Waals surface area contributed by atoms with Gasteiger partial charge in [0.2, 0.25) is 5.91 Å². The van der Waals surface area contributed by atoms with Crippen molar-refractivity contribution in [1.82, 2.24) is 10.6 Å². The maximum absolute atomic E-state index is 11.4. The van der Waals surface area contributed by atoms with Gasteiger partial charge < -0.3 is 15.4 Å². The van der Waals surface area contributed by atoms with Gasteiger partial charge in [0.1, 0.15) is 12.2 Å². The summed E-state index contributed by atoms with van der Waals surface area (Å²) in [5, 5.41) is 13.9. The van der Waals surface area contributed by atoms with Crippen LogP contribution in [-0.4, -0.2) is 31.5 Å². The predicted octanol–water partition coefficient (Wildman–Crippen LogP) is 0.865. The molecule has 106 valence electrons. The second-order valence-electron chi connectivity index (χ2n) is 3.78. The fourth-order valence-corrected chi connectivity index (χ4v) is 1.39. The van der Waals surface area contributed by atoms with Crippen LogP contribution in [0, 0.1) is 11.3 Å². The molecule has 2 N–H and O–H groups in total. The lowest BCUT2D eigenvalue weighted by Gasteiger charge is -2.08. The first-order valence-corrected chi connectivity index (χ1v) is 6.28. The molecule has 0 saturated heterocycles. The average molecular weight is 296 g/mol. The molecule has 0 aromatic heterocycles. The molecule has 0 atom stereocenters. The summed E-state index contributed by atoms with van der Waals surface area (Å²) in [4.78, 5) is 22.4. The van der Waals surface area contributed by atoms with E-state index in [2.05, 4.69) is 10.6 Å². The number of benzene rings is 1. The Labute approximate surface area is 121 Å². The molecule has 0 bridgehead atoms. The number of ether oxygens (including phenoxy) is 1. The van der Waals surface area contributed by atoms with Crippen LogP contribution in [0.5, 0.6) is 5.75 Å². The van der Waals surface area contributed by atoms with Crippen LogP contribution in [0.15, 0.2) is 24.3 Å². The third-order valence-corrected chi connectivity index (χ3v) is 2.44. The minimum atomic E-state index is -0.362. The molecule has 0 spiro atoms. The van der Waals surface area contributed by atoms with Crippen molar-refractivity contribution in [3.8, 4) is 11.8 Å². The molecule has 2 amide bonds. The Kier molecular flexibility index (Phi) is 6.93. The number of carbonyl (C=O) groups is 2. The molecule has 0 aliphatic rings. The Balaban J connectivity index is 2.13. The largest absolute Gasteiger partial charge is 0.484 e. The Morgan fingerprint density at radius 3 is 2.35 bits per heavy atom. The van der Waals surface area contributed by atoms with Crippen LogP contribution < -0.4 is 15.4 Å². The van der Waals surface area contributed by atoms with Gasteiger partial charge in [-0.2, -0.15) is 5.26 Å². The first-order chi connectivity index (χ1) is 9.61. The lowest BCUT2D eigenvalue weighted by atomic mass is 10.3. The molecule has 0 fully saturated rings. The second-order valence-corrected chi connectivity index (χ2v) is 4.21. The summed E-state index contributed by atoms with van der Waals surface area (Å²) < 4.78 is 5.24. The number of nitrogens with zero attached hydrogens (tertiary/aromatic N) is 1. The van der Waals surface area contributed by atoms with Crippen LogP contribution in [0.4, 0.5) is 0 Å². The maximum Gasteiger partial charge on any atom is 0.258 e. The van der Waals surface area contributed by atoms with Crippen molar-refractivity contribution in [2.24, 2.45) is 0 Å². The fourth-order valence-electron chi connectivity index (χ4n) is 1.27. The highest BCUT2D eigenvalue weighted by molar-refractivity contribution is 6.30. The summed E-state index contributed by atoms with van der Waals surface area (Å²) in [6.45, 7) is 0.432. The van der Waals surface area contributed by atoms with Crippen LogP contribution in [0.1, 0.15) is 6.42 Å². The van der Waals surface area contributed by atoms with Crippen LogP contribution >= 0.6 is 11.6 Å². The summed E-state index contributed by atoms with van der Waals surface area (Å²) in [5.74, 6) is -0.111. The van der Waals surface area contributed by atoms with E-state index in [1.165, 1.54) is 0 Å². The third-order valence-electron chi connectivity index (χ3n) is 2.19. The number of nitrogens with one attached hydrogen (secondary N) is 2. The summed E-state index contributed by atoms with van der Waals surface area (Å²) in [7, 11) is 0. The highest BCUT2D eigenvalue weighted by Crippen LogP contribution is 2.15. The first-order valence-electron chi connectivity index (χ1n) is 5.90. The first kappa shape index (κ1) is 15.8. The van der Waals surface area contributed by atoms with Gasteiger partial charge in [0, 0.05) is 18.1 Å². The Morgan fingerprint density at radius 2 is 1.75 bits per heavy atom. The molecule has 0 aliphatic carbocycles. The number of rotatable bonds is 7. The molecule has 1 aromatic carbocycles. The zero-order valence-corrected chi connectivity index (χ0v) is 11.4. The SMILES string of the molecule is N#CCC(=O)NCCNC(=O)COc1ccc(Cl)cc1. The monoisotopic (exact) mass is 295 g/mol. The molecule has 1 rings (SSSR count). The van der Waals surface area contributed by atoms with E-state index in [0.29, 0.717) is 10.8 Å². The zero-order valence-electron chi connectivity index (χ0n) is 10.7. The van der Waals surface area contributed by atoms with Gasteiger partial charge in [-0.25, -0.2) is 0 Å².